The van der Waals surface area contributed by atoms with Crippen LogP contribution < -0.4 is 20.5 Å². The van der Waals surface area contributed by atoms with Gasteiger partial charge in [0.05, 0.1) is 19.2 Å². The summed E-state index contributed by atoms with van der Waals surface area (Å²) >= 11 is 6.27. The maximum Gasteiger partial charge on any atom is 0.416 e. The zero-order valence-corrected chi connectivity index (χ0v) is 23.3. The Morgan fingerprint density at radius 2 is 1.85 bits per heavy atom. The fraction of sp³-hybridized carbons (Fsp3) is 0.333. The molecule has 4 rings (SSSR count). The molecule has 0 bridgehead atoms. The number of rotatable bonds is 9. The summed E-state index contributed by atoms with van der Waals surface area (Å²) in [6, 6.07) is 11.6. The van der Waals surface area contributed by atoms with E-state index in [0.717, 1.165) is 11.1 Å². The maximum atomic E-state index is 13.3. The van der Waals surface area contributed by atoms with Crippen molar-refractivity contribution in [3.8, 4) is 11.5 Å². The number of hydrogen-bond acceptors (Lipinski definition) is 7. The van der Waals surface area contributed by atoms with E-state index >= 15 is 0 Å². The van der Waals surface area contributed by atoms with Crippen LogP contribution in [0.4, 0.5) is 14.0 Å². The number of nitrogens with two attached hydrogens (primary N) is 1. The highest BCUT2D eigenvalue weighted by Crippen LogP contribution is 2.36. The van der Waals surface area contributed by atoms with Gasteiger partial charge in [0.1, 0.15) is 30.0 Å². The van der Waals surface area contributed by atoms with Crippen molar-refractivity contribution >= 4 is 23.8 Å². The van der Waals surface area contributed by atoms with Gasteiger partial charge in [-0.1, -0.05) is 47.5 Å². The molecule has 41 heavy (non-hydrogen) atoms. The van der Waals surface area contributed by atoms with Crippen molar-refractivity contribution in [2.75, 3.05) is 26.3 Å². The molecule has 11 heteroatoms. The number of allylic oxidation sites excluding steroid dienone is 2. The van der Waals surface area contributed by atoms with E-state index in [1.54, 1.807) is 30.0 Å². The number of benzene rings is 2. The lowest BCUT2D eigenvalue weighted by atomic mass is 9.83. The molecule has 4 atom stereocenters. The molecule has 2 aliphatic rings. The molecule has 0 fully saturated rings. The molecule has 2 amide bonds. The van der Waals surface area contributed by atoms with Crippen LogP contribution in [0, 0.1) is 11.7 Å². The average molecular weight is 586 g/mol. The van der Waals surface area contributed by atoms with Gasteiger partial charge in [0.15, 0.2) is 0 Å². The molecule has 1 aliphatic heterocycles. The summed E-state index contributed by atoms with van der Waals surface area (Å²) in [5.41, 5.74) is 8.21. The van der Waals surface area contributed by atoms with Gasteiger partial charge in [-0.3, -0.25) is 4.90 Å². The lowest BCUT2D eigenvalue weighted by Gasteiger charge is -2.37. The van der Waals surface area contributed by atoms with E-state index in [2.05, 4.69) is 5.32 Å². The zero-order valence-electron chi connectivity index (χ0n) is 22.5. The number of nitrogens with one attached hydrogen (secondary N) is 1. The molecule has 1 heterocycles. The number of halogens is 2. The van der Waals surface area contributed by atoms with Gasteiger partial charge in [-0.2, -0.15) is 0 Å². The van der Waals surface area contributed by atoms with Crippen LogP contribution in [-0.4, -0.2) is 60.6 Å². The first-order valence-electron chi connectivity index (χ1n) is 13.3. The van der Waals surface area contributed by atoms with Crippen molar-refractivity contribution in [1.29, 1.82) is 0 Å². The van der Waals surface area contributed by atoms with E-state index in [0.29, 0.717) is 23.7 Å². The van der Waals surface area contributed by atoms with E-state index in [1.165, 1.54) is 24.3 Å². The monoisotopic (exact) mass is 585 g/mol. The summed E-state index contributed by atoms with van der Waals surface area (Å²) < 4.78 is 29.3. The van der Waals surface area contributed by atoms with E-state index < -0.39 is 30.1 Å². The van der Waals surface area contributed by atoms with Crippen molar-refractivity contribution in [3.05, 3.63) is 94.8 Å². The number of carbonyl (C=O) groups is 2. The number of carbonyl (C=O) groups excluding carboxylic acids is 2. The largest absolute Gasteiger partial charge is 0.491 e. The van der Waals surface area contributed by atoms with Crippen molar-refractivity contribution in [1.82, 2.24) is 10.2 Å². The van der Waals surface area contributed by atoms with Gasteiger partial charge in [-0.25, -0.2) is 14.0 Å². The summed E-state index contributed by atoms with van der Waals surface area (Å²) in [5.74, 6) is 0.192. The molecule has 0 saturated carbocycles. The van der Waals surface area contributed by atoms with E-state index in [-0.39, 0.29) is 37.5 Å². The van der Waals surface area contributed by atoms with Crippen LogP contribution in [0.5, 0.6) is 11.5 Å². The molecule has 2 aromatic carbocycles. The molecule has 2 aromatic rings. The number of aliphatic hydroxyl groups excluding tert-OH is 1. The molecule has 0 saturated heterocycles. The van der Waals surface area contributed by atoms with Crippen molar-refractivity contribution in [2.24, 2.45) is 11.7 Å². The number of amides is 2. The Morgan fingerprint density at radius 3 is 2.56 bits per heavy atom. The van der Waals surface area contributed by atoms with Gasteiger partial charge in [0.2, 0.25) is 0 Å². The fourth-order valence-corrected chi connectivity index (χ4v) is 4.81. The minimum Gasteiger partial charge on any atom is -0.491 e. The lowest BCUT2D eigenvalue weighted by Crippen LogP contribution is -2.41. The maximum absolute atomic E-state index is 13.3. The average Bonchev–Trinajstić information content (AvgIpc) is 2.97. The van der Waals surface area contributed by atoms with Crippen molar-refractivity contribution in [2.45, 2.75) is 31.5 Å². The minimum absolute atomic E-state index is 0.0192. The molecule has 0 radical (unpaired) electrons. The van der Waals surface area contributed by atoms with Crippen LogP contribution in [0.3, 0.4) is 0 Å². The van der Waals surface area contributed by atoms with E-state index in [1.807, 2.05) is 30.4 Å². The smallest absolute Gasteiger partial charge is 0.416 e. The van der Waals surface area contributed by atoms with Crippen LogP contribution in [-0.2, 0) is 4.74 Å². The van der Waals surface area contributed by atoms with Crippen LogP contribution in [0.15, 0.2) is 83.4 Å². The summed E-state index contributed by atoms with van der Waals surface area (Å²) in [4.78, 5) is 26.2. The second kappa shape index (κ2) is 14.2. The molecule has 0 spiro atoms. The quantitative estimate of drug-likeness (QED) is 0.361. The van der Waals surface area contributed by atoms with E-state index in [4.69, 9.17) is 31.5 Å². The van der Waals surface area contributed by atoms with Crippen LogP contribution in [0.1, 0.15) is 24.9 Å². The molecule has 2 unspecified atom stereocenters. The predicted molar refractivity (Wildman–Crippen MR) is 152 cm³/mol. The second-order valence-electron chi connectivity index (χ2n) is 9.60. The molecular formula is C30H33ClFN3O6. The van der Waals surface area contributed by atoms with Crippen LogP contribution in [0.25, 0.3) is 0 Å². The summed E-state index contributed by atoms with van der Waals surface area (Å²) in [6.45, 7) is 2.23. The third-order valence-corrected chi connectivity index (χ3v) is 6.94. The van der Waals surface area contributed by atoms with Gasteiger partial charge in [-0.15, -0.1) is 0 Å². The Bertz CT molecular complexity index is 1300. The summed E-state index contributed by atoms with van der Waals surface area (Å²) in [7, 11) is 0. The molecule has 218 valence electrons. The standard InChI is InChI=1S/C30H33ClFN3O6/c1-2-39-29(37)34-17-23(36)18-40-24-8-3-19(4-9-24)28-15-20(26-16-21(31)5-12-27(26)33)13-14-35(28)30(38)41-25-10-6-22(32)7-11-25/h3-12,15-16,23,26-28,36H,2,13-14,17-18,33H2,1H3,(H,34,37)/t23-,26?,27?,28+/m0/s1. The number of alkyl carbamates (subject to hydrolysis) is 1. The Labute approximate surface area is 243 Å². The first-order valence-corrected chi connectivity index (χ1v) is 13.7. The number of ether oxygens (including phenoxy) is 3. The number of hydrogen-bond donors (Lipinski definition) is 3. The van der Waals surface area contributed by atoms with Crippen molar-refractivity contribution in [3.63, 3.8) is 0 Å². The zero-order chi connectivity index (χ0) is 29.4. The highest BCUT2D eigenvalue weighted by molar-refractivity contribution is 6.31. The topological polar surface area (TPSA) is 123 Å². The Morgan fingerprint density at radius 1 is 1.15 bits per heavy atom. The van der Waals surface area contributed by atoms with E-state index in [9.17, 15) is 19.1 Å². The molecule has 9 nitrogen and oxygen atoms in total. The Hall–Kier alpha value is -3.86. The van der Waals surface area contributed by atoms with Crippen LogP contribution >= 0.6 is 11.6 Å². The Kier molecular flexibility index (Phi) is 10.4. The third-order valence-electron chi connectivity index (χ3n) is 6.68. The third kappa shape index (κ3) is 8.32. The minimum atomic E-state index is -0.937. The van der Waals surface area contributed by atoms with Gasteiger partial charge >= 0.3 is 12.2 Å². The highest BCUT2D eigenvalue weighted by atomic mass is 35.5. The lowest BCUT2D eigenvalue weighted by molar-refractivity contribution is 0.0991. The fourth-order valence-electron chi connectivity index (χ4n) is 4.60. The van der Waals surface area contributed by atoms with Gasteiger partial charge < -0.3 is 30.4 Å². The van der Waals surface area contributed by atoms with Gasteiger partial charge in [0, 0.05) is 23.5 Å². The first-order chi connectivity index (χ1) is 19.7. The molecule has 4 N–H and O–H groups in total. The highest BCUT2D eigenvalue weighted by Gasteiger charge is 2.33. The normalized spacial score (nSPS) is 20.9. The summed E-state index contributed by atoms with van der Waals surface area (Å²) in [6.07, 6.45) is 6.01. The predicted octanol–water partition coefficient (Wildman–Crippen LogP) is 4.82. The number of nitrogens with zero attached hydrogens (tertiary/aromatic N) is 1. The van der Waals surface area contributed by atoms with Gasteiger partial charge in [0.25, 0.3) is 0 Å². The van der Waals surface area contributed by atoms with Gasteiger partial charge in [-0.05, 0) is 61.4 Å². The summed E-state index contributed by atoms with van der Waals surface area (Å²) in [5, 5.41) is 13.2. The van der Waals surface area contributed by atoms with Crippen molar-refractivity contribution < 1.29 is 33.3 Å². The second-order valence-corrected chi connectivity index (χ2v) is 10.0. The molecular weight excluding hydrogens is 553 g/mol. The Balaban J connectivity index is 1.50. The first kappa shape index (κ1) is 30.1. The van der Waals surface area contributed by atoms with Crippen LogP contribution in [0.2, 0.25) is 0 Å². The number of aliphatic hydroxyl groups is 1. The molecule has 0 aromatic heterocycles. The SMILES string of the molecule is CCOC(=O)NC[C@H](O)COc1ccc([C@H]2C=C(C3C=C(Cl)C=CC3N)CCN2C(=O)Oc2ccc(F)cc2)cc1. The molecule has 1 aliphatic carbocycles.